The minimum atomic E-state index is -3.00. The summed E-state index contributed by atoms with van der Waals surface area (Å²) < 4.78 is 36.3. The molecule has 0 saturated carbocycles. The van der Waals surface area contributed by atoms with Crippen LogP contribution in [0.15, 0.2) is 30.3 Å². The highest BCUT2D eigenvalue weighted by Crippen LogP contribution is 2.31. The van der Waals surface area contributed by atoms with Gasteiger partial charge in [-0.3, -0.25) is 29.4 Å². The van der Waals surface area contributed by atoms with Crippen LogP contribution in [0.25, 0.3) is 0 Å². The van der Waals surface area contributed by atoms with E-state index >= 15 is 0 Å². The maximum atomic E-state index is 13.1. The van der Waals surface area contributed by atoms with Gasteiger partial charge in [0.05, 0.1) is 13.2 Å². The number of hydrogen-bond acceptors (Lipinski definition) is 7. The Balaban J connectivity index is 1.23. The Labute approximate surface area is 235 Å². The molecule has 12 heteroatoms. The van der Waals surface area contributed by atoms with E-state index in [1.165, 1.54) is 11.0 Å². The Morgan fingerprint density at radius 1 is 1.17 bits per heavy atom. The van der Waals surface area contributed by atoms with E-state index in [0.717, 1.165) is 29.8 Å². The quantitative estimate of drug-likeness (QED) is 0.446. The molecule has 1 atom stereocenters. The Hall–Kier alpha value is -3.90. The molecule has 0 aliphatic carbocycles. The largest absolute Gasteiger partial charge is 0.434 e. The minimum absolute atomic E-state index is 0.0127. The van der Waals surface area contributed by atoms with Gasteiger partial charge in [-0.1, -0.05) is 12.1 Å². The number of nitrogens with one attached hydrogen (secondary N) is 2. The first kappa shape index (κ1) is 28.6. The molecule has 10 nitrogen and oxygen atoms in total. The number of nitrogens with zero attached hydrogens (tertiary/aromatic N) is 2. The molecule has 1 unspecified atom stereocenters. The zero-order valence-electron chi connectivity index (χ0n) is 22.7. The summed E-state index contributed by atoms with van der Waals surface area (Å²) in [6.45, 7) is 2.14. The van der Waals surface area contributed by atoms with Crippen LogP contribution in [0, 0.1) is 6.92 Å². The lowest BCUT2D eigenvalue weighted by Crippen LogP contribution is -2.52. The topological polar surface area (TPSA) is 117 Å². The minimum Gasteiger partial charge on any atom is -0.434 e. The molecule has 4 amide bonds. The molecule has 41 heavy (non-hydrogen) atoms. The van der Waals surface area contributed by atoms with Crippen molar-refractivity contribution >= 4 is 29.3 Å². The highest BCUT2D eigenvalue weighted by Gasteiger charge is 2.39. The van der Waals surface area contributed by atoms with Crippen LogP contribution in [0.1, 0.15) is 51.9 Å². The van der Waals surface area contributed by atoms with Crippen LogP contribution in [0.4, 0.5) is 14.5 Å². The van der Waals surface area contributed by atoms with Crippen molar-refractivity contribution < 1.29 is 37.4 Å². The van der Waals surface area contributed by atoms with Crippen molar-refractivity contribution in [2.24, 2.45) is 0 Å². The van der Waals surface area contributed by atoms with Crippen molar-refractivity contribution in [3.8, 4) is 5.75 Å². The normalized spacial score (nSPS) is 19.4. The maximum Gasteiger partial charge on any atom is 0.387 e. The van der Waals surface area contributed by atoms with Gasteiger partial charge in [0.25, 0.3) is 5.91 Å². The molecule has 3 heterocycles. The number of carbonyl (C=O) groups is 4. The van der Waals surface area contributed by atoms with E-state index < -0.39 is 18.6 Å². The predicted octanol–water partition coefficient (Wildman–Crippen LogP) is 2.76. The van der Waals surface area contributed by atoms with Gasteiger partial charge in [-0.15, -0.1) is 0 Å². The summed E-state index contributed by atoms with van der Waals surface area (Å²) in [5.41, 5.74) is 3.76. The number of anilines is 1. The summed E-state index contributed by atoms with van der Waals surface area (Å²) in [4.78, 5) is 53.3. The fourth-order valence-electron chi connectivity index (χ4n) is 5.44. The fraction of sp³-hybridized carbons (Fsp3) is 0.448. The molecule has 218 valence electrons. The van der Waals surface area contributed by atoms with Gasteiger partial charge in [0.1, 0.15) is 11.8 Å². The van der Waals surface area contributed by atoms with E-state index in [4.69, 9.17) is 9.47 Å². The molecule has 2 saturated heterocycles. The summed E-state index contributed by atoms with van der Waals surface area (Å²) >= 11 is 0. The SMILES string of the molecule is Cc1c(CN2CCOCC2)cc(NC(=O)CCc2ccc3c(c2)C(=O)N(C2CCC(=O)NC2=O)C3)cc1OC(F)F. The van der Waals surface area contributed by atoms with Crippen molar-refractivity contribution in [3.05, 3.63) is 58.1 Å². The lowest BCUT2D eigenvalue weighted by Gasteiger charge is -2.29. The summed E-state index contributed by atoms with van der Waals surface area (Å²) in [5.74, 6) is -1.39. The van der Waals surface area contributed by atoms with Crippen LogP contribution in [-0.4, -0.2) is 72.4 Å². The van der Waals surface area contributed by atoms with Gasteiger partial charge < -0.3 is 19.7 Å². The van der Waals surface area contributed by atoms with Gasteiger partial charge in [-0.25, -0.2) is 0 Å². The number of piperidine rings is 1. The smallest absolute Gasteiger partial charge is 0.387 e. The zero-order chi connectivity index (χ0) is 29.1. The van der Waals surface area contributed by atoms with Crippen molar-refractivity contribution in [1.29, 1.82) is 0 Å². The Morgan fingerprint density at radius 3 is 2.68 bits per heavy atom. The van der Waals surface area contributed by atoms with E-state index in [9.17, 15) is 28.0 Å². The van der Waals surface area contributed by atoms with Crippen LogP contribution >= 0.6 is 0 Å². The summed E-state index contributed by atoms with van der Waals surface area (Å²) in [7, 11) is 0. The van der Waals surface area contributed by atoms with Gasteiger partial charge in [0.2, 0.25) is 17.7 Å². The Morgan fingerprint density at radius 2 is 1.95 bits per heavy atom. The first-order valence-electron chi connectivity index (χ1n) is 13.6. The van der Waals surface area contributed by atoms with E-state index in [1.54, 1.807) is 19.1 Å². The molecule has 2 fully saturated rings. The number of imide groups is 1. The second-order valence-electron chi connectivity index (χ2n) is 10.5. The van der Waals surface area contributed by atoms with E-state index in [0.29, 0.717) is 43.0 Å². The van der Waals surface area contributed by atoms with Gasteiger partial charge in [-0.05, 0) is 54.2 Å². The van der Waals surface area contributed by atoms with Crippen molar-refractivity contribution in [1.82, 2.24) is 15.1 Å². The molecule has 3 aliphatic heterocycles. The number of hydrogen-bond donors (Lipinski definition) is 2. The molecule has 5 rings (SSSR count). The number of rotatable bonds is 9. The second kappa shape index (κ2) is 12.3. The number of alkyl halides is 2. The van der Waals surface area contributed by atoms with Crippen molar-refractivity contribution in [3.63, 3.8) is 0 Å². The molecule has 2 N–H and O–H groups in total. The molecule has 2 aromatic carbocycles. The number of halogens is 2. The third kappa shape index (κ3) is 6.71. The first-order valence-corrected chi connectivity index (χ1v) is 13.6. The highest BCUT2D eigenvalue weighted by molar-refractivity contribution is 6.05. The maximum absolute atomic E-state index is 13.1. The second-order valence-corrected chi connectivity index (χ2v) is 10.5. The molecule has 0 bridgehead atoms. The number of fused-ring (bicyclic) bond motifs is 1. The third-order valence-electron chi connectivity index (χ3n) is 7.70. The van der Waals surface area contributed by atoms with E-state index in [-0.39, 0.29) is 49.3 Å². The molecule has 0 aromatic heterocycles. The van der Waals surface area contributed by atoms with Gasteiger partial charge >= 0.3 is 6.61 Å². The van der Waals surface area contributed by atoms with Crippen LogP contribution in [-0.2, 0) is 38.6 Å². The number of benzene rings is 2. The summed E-state index contributed by atoms with van der Waals surface area (Å²) in [6, 6.07) is 7.88. The van der Waals surface area contributed by atoms with Gasteiger partial charge in [-0.2, -0.15) is 8.78 Å². The average Bonchev–Trinajstić information content (AvgIpc) is 3.25. The van der Waals surface area contributed by atoms with Crippen LogP contribution in [0.2, 0.25) is 0 Å². The molecule has 0 spiro atoms. The van der Waals surface area contributed by atoms with E-state index in [2.05, 4.69) is 15.5 Å². The number of morpholine rings is 1. The van der Waals surface area contributed by atoms with Crippen LogP contribution in [0.3, 0.4) is 0 Å². The average molecular weight is 571 g/mol. The number of amides is 4. The first-order chi connectivity index (χ1) is 19.7. The summed E-state index contributed by atoms with van der Waals surface area (Å²) in [5, 5.41) is 5.08. The lowest BCUT2D eigenvalue weighted by atomic mass is 10.0. The predicted molar refractivity (Wildman–Crippen MR) is 143 cm³/mol. The highest BCUT2D eigenvalue weighted by atomic mass is 19.3. The van der Waals surface area contributed by atoms with E-state index in [1.807, 2.05) is 12.1 Å². The molecule has 0 radical (unpaired) electrons. The summed E-state index contributed by atoms with van der Waals surface area (Å²) in [6.07, 6.45) is 0.913. The number of carbonyl (C=O) groups excluding carboxylic acids is 4. The number of ether oxygens (including phenoxy) is 2. The van der Waals surface area contributed by atoms with Crippen molar-refractivity contribution in [2.45, 2.75) is 58.3 Å². The van der Waals surface area contributed by atoms with Crippen LogP contribution < -0.4 is 15.4 Å². The molecule has 2 aromatic rings. The van der Waals surface area contributed by atoms with Gasteiger partial charge in [0, 0.05) is 56.3 Å². The standard InChI is InChI=1S/C29H32F2N4O6/c1-17-20(15-34-8-10-40-11-9-34)13-21(14-24(17)41-29(30)31)32-25(36)6-3-18-2-4-19-16-35(28(39)22(19)12-18)23-5-7-26(37)33-27(23)38/h2,4,12-14,23,29H,3,5-11,15-16H2,1H3,(H,32,36)(H,33,37,38). The van der Waals surface area contributed by atoms with Crippen molar-refractivity contribution in [2.75, 3.05) is 31.6 Å². The third-order valence-corrected chi connectivity index (χ3v) is 7.70. The van der Waals surface area contributed by atoms with Gasteiger partial charge in [0.15, 0.2) is 0 Å². The fourth-order valence-corrected chi connectivity index (χ4v) is 5.44. The lowest BCUT2D eigenvalue weighted by molar-refractivity contribution is -0.137. The Kier molecular flexibility index (Phi) is 8.60. The Bertz CT molecular complexity index is 1360. The van der Waals surface area contributed by atoms with Crippen LogP contribution in [0.5, 0.6) is 5.75 Å². The zero-order valence-corrected chi connectivity index (χ0v) is 22.7. The molecule has 3 aliphatic rings. The molecular weight excluding hydrogens is 538 g/mol. The molecular formula is C29H32F2N4O6. The monoisotopic (exact) mass is 570 g/mol. The number of aryl methyl sites for hydroxylation is 1.